The van der Waals surface area contributed by atoms with Crippen LogP contribution >= 0.6 is 43.2 Å². The highest BCUT2D eigenvalue weighted by Crippen LogP contribution is 2.37. The summed E-state index contributed by atoms with van der Waals surface area (Å²) < 4.78 is 2.19. The predicted molar refractivity (Wildman–Crippen MR) is 90.9 cm³/mol. The molecule has 19 heavy (non-hydrogen) atoms. The summed E-state index contributed by atoms with van der Waals surface area (Å²) >= 11 is 8.73. The highest BCUT2D eigenvalue weighted by molar-refractivity contribution is 9.12. The standard InChI is InChI=1S/C15H17Br2NS/c1-3-9(2)10-4-6-11(7-5-10)14(18)12-8-13(16)19-15(12)17/h4-9,14H,3,18H2,1-2H3. The molecule has 0 bridgehead atoms. The molecule has 0 saturated heterocycles. The van der Waals surface area contributed by atoms with Crippen molar-refractivity contribution in [2.75, 3.05) is 0 Å². The zero-order valence-electron chi connectivity index (χ0n) is 11.0. The molecule has 0 aliphatic rings. The summed E-state index contributed by atoms with van der Waals surface area (Å²) in [6, 6.07) is 10.7. The maximum absolute atomic E-state index is 6.34. The van der Waals surface area contributed by atoms with Crippen LogP contribution in [0.5, 0.6) is 0 Å². The van der Waals surface area contributed by atoms with Crippen molar-refractivity contribution in [1.29, 1.82) is 0 Å². The lowest BCUT2D eigenvalue weighted by Gasteiger charge is -2.14. The van der Waals surface area contributed by atoms with Crippen LogP contribution in [-0.2, 0) is 0 Å². The Morgan fingerprint density at radius 2 is 1.74 bits per heavy atom. The van der Waals surface area contributed by atoms with Gasteiger partial charge in [0.15, 0.2) is 0 Å². The van der Waals surface area contributed by atoms with Crippen molar-refractivity contribution in [2.24, 2.45) is 5.73 Å². The van der Waals surface area contributed by atoms with Crippen molar-refractivity contribution in [3.05, 3.63) is 54.6 Å². The summed E-state index contributed by atoms with van der Waals surface area (Å²) in [4.78, 5) is 0. The van der Waals surface area contributed by atoms with Gasteiger partial charge in [0.25, 0.3) is 0 Å². The smallest absolute Gasteiger partial charge is 0.0761 e. The number of rotatable bonds is 4. The second kappa shape index (κ2) is 6.53. The van der Waals surface area contributed by atoms with E-state index in [2.05, 4.69) is 76.0 Å². The van der Waals surface area contributed by atoms with Gasteiger partial charge in [-0.25, -0.2) is 0 Å². The first-order valence-electron chi connectivity index (χ1n) is 6.33. The van der Waals surface area contributed by atoms with Gasteiger partial charge in [0.1, 0.15) is 0 Å². The second-order valence-corrected chi connectivity index (χ2v) is 8.48. The van der Waals surface area contributed by atoms with Crippen molar-refractivity contribution >= 4 is 43.2 Å². The summed E-state index contributed by atoms with van der Waals surface area (Å²) in [7, 11) is 0. The highest BCUT2D eigenvalue weighted by atomic mass is 79.9. The molecular weight excluding hydrogens is 386 g/mol. The fraction of sp³-hybridized carbons (Fsp3) is 0.333. The maximum atomic E-state index is 6.34. The third-order valence-electron chi connectivity index (χ3n) is 3.50. The minimum Gasteiger partial charge on any atom is -0.320 e. The van der Waals surface area contributed by atoms with E-state index in [-0.39, 0.29) is 6.04 Å². The molecular formula is C15H17Br2NS. The summed E-state index contributed by atoms with van der Waals surface area (Å²) in [5, 5.41) is 0. The van der Waals surface area contributed by atoms with Gasteiger partial charge in [-0.3, -0.25) is 0 Å². The first-order chi connectivity index (χ1) is 9.02. The topological polar surface area (TPSA) is 26.0 Å². The van der Waals surface area contributed by atoms with E-state index >= 15 is 0 Å². The number of hydrogen-bond donors (Lipinski definition) is 1. The second-order valence-electron chi connectivity index (χ2n) is 4.73. The van der Waals surface area contributed by atoms with E-state index in [0.29, 0.717) is 5.92 Å². The van der Waals surface area contributed by atoms with Crippen LogP contribution in [0.3, 0.4) is 0 Å². The van der Waals surface area contributed by atoms with Gasteiger partial charge in [0.05, 0.1) is 13.6 Å². The molecule has 2 unspecified atom stereocenters. The summed E-state index contributed by atoms with van der Waals surface area (Å²) in [6.45, 7) is 4.46. The van der Waals surface area contributed by atoms with Gasteiger partial charge in [-0.05, 0) is 67.0 Å². The van der Waals surface area contributed by atoms with Crippen molar-refractivity contribution < 1.29 is 0 Å². The lowest BCUT2D eigenvalue weighted by Crippen LogP contribution is -2.11. The third kappa shape index (κ3) is 3.48. The molecule has 0 saturated carbocycles. The van der Waals surface area contributed by atoms with Gasteiger partial charge >= 0.3 is 0 Å². The molecule has 0 aliphatic heterocycles. The van der Waals surface area contributed by atoms with Crippen LogP contribution < -0.4 is 5.73 Å². The van der Waals surface area contributed by atoms with Gasteiger partial charge in [0.2, 0.25) is 0 Å². The van der Waals surface area contributed by atoms with Gasteiger partial charge in [-0.15, -0.1) is 11.3 Å². The number of nitrogens with two attached hydrogens (primary N) is 1. The summed E-state index contributed by atoms with van der Waals surface area (Å²) in [5.41, 5.74) is 10.0. The van der Waals surface area contributed by atoms with Crippen molar-refractivity contribution in [3.8, 4) is 0 Å². The van der Waals surface area contributed by atoms with Gasteiger partial charge in [-0.1, -0.05) is 38.1 Å². The van der Waals surface area contributed by atoms with Crippen molar-refractivity contribution in [3.63, 3.8) is 0 Å². The van der Waals surface area contributed by atoms with E-state index in [9.17, 15) is 0 Å². The molecule has 0 fully saturated rings. The third-order valence-corrected chi connectivity index (χ3v) is 5.88. The fourth-order valence-electron chi connectivity index (χ4n) is 2.01. The van der Waals surface area contributed by atoms with Gasteiger partial charge in [-0.2, -0.15) is 0 Å². The minimum absolute atomic E-state index is 0.0806. The molecule has 1 nitrogen and oxygen atoms in total. The van der Waals surface area contributed by atoms with Crippen LogP contribution in [0.1, 0.15) is 48.9 Å². The molecule has 2 rings (SSSR count). The Hall–Kier alpha value is -0.160. The monoisotopic (exact) mass is 401 g/mol. The average molecular weight is 403 g/mol. The Bertz CT molecular complexity index is 548. The Morgan fingerprint density at radius 1 is 1.16 bits per heavy atom. The van der Waals surface area contributed by atoms with E-state index in [0.717, 1.165) is 25.1 Å². The molecule has 4 heteroatoms. The highest BCUT2D eigenvalue weighted by Gasteiger charge is 2.15. The normalized spacial score (nSPS) is 14.4. The molecule has 102 valence electrons. The van der Waals surface area contributed by atoms with Crippen LogP contribution in [0.4, 0.5) is 0 Å². The summed E-state index contributed by atoms with van der Waals surface area (Å²) in [6.07, 6.45) is 1.16. The first kappa shape index (κ1) is 15.2. The van der Waals surface area contributed by atoms with Crippen molar-refractivity contribution in [1.82, 2.24) is 0 Å². The first-order valence-corrected chi connectivity index (χ1v) is 8.73. The largest absolute Gasteiger partial charge is 0.320 e. The molecule has 1 heterocycles. The molecule has 2 N–H and O–H groups in total. The quantitative estimate of drug-likeness (QED) is 0.683. The van der Waals surface area contributed by atoms with E-state index < -0.39 is 0 Å². The average Bonchev–Trinajstić information content (AvgIpc) is 2.76. The zero-order valence-corrected chi connectivity index (χ0v) is 15.0. The summed E-state index contributed by atoms with van der Waals surface area (Å²) in [5.74, 6) is 0.604. The predicted octanol–water partition coefficient (Wildman–Crippen LogP) is 5.83. The number of halogens is 2. The lowest BCUT2D eigenvalue weighted by molar-refractivity contribution is 0.732. The fourth-order valence-corrected chi connectivity index (χ4v) is 4.94. The lowest BCUT2D eigenvalue weighted by atomic mass is 9.95. The Labute approximate surface area is 135 Å². The van der Waals surface area contributed by atoms with Gasteiger partial charge in [0, 0.05) is 0 Å². The Balaban J connectivity index is 2.25. The van der Waals surface area contributed by atoms with Crippen LogP contribution in [0.25, 0.3) is 0 Å². The number of thiophene rings is 1. The van der Waals surface area contributed by atoms with Crippen LogP contribution in [-0.4, -0.2) is 0 Å². The number of benzene rings is 1. The molecule has 2 aromatic rings. The van der Waals surface area contributed by atoms with E-state index in [1.807, 2.05) is 0 Å². The minimum atomic E-state index is -0.0806. The SMILES string of the molecule is CCC(C)c1ccc(C(N)c2cc(Br)sc2Br)cc1. The molecule has 1 aromatic carbocycles. The zero-order chi connectivity index (χ0) is 14.0. The molecule has 0 aliphatic carbocycles. The van der Waals surface area contributed by atoms with Crippen LogP contribution in [0, 0.1) is 0 Å². The van der Waals surface area contributed by atoms with Crippen LogP contribution in [0.2, 0.25) is 0 Å². The molecule has 0 radical (unpaired) electrons. The molecule has 0 spiro atoms. The maximum Gasteiger partial charge on any atom is 0.0761 e. The number of hydrogen-bond acceptors (Lipinski definition) is 2. The van der Waals surface area contributed by atoms with Crippen LogP contribution in [0.15, 0.2) is 37.9 Å². The molecule has 0 amide bonds. The molecule has 2 atom stereocenters. The Kier molecular flexibility index (Phi) is 5.23. The van der Waals surface area contributed by atoms with E-state index in [1.54, 1.807) is 11.3 Å². The van der Waals surface area contributed by atoms with E-state index in [1.165, 1.54) is 5.56 Å². The Morgan fingerprint density at radius 3 is 2.21 bits per heavy atom. The van der Waals surface area contributed by atoms with E-state index in [4.69, 9.17) is 5.73 Å². The molecule has 1 aromatic heterocycles. The van der Waals surface area contributed by atoms with Gasteiger partial charge < -0.3 is 5.73 Å². The van der Waals surface area contributed by atoms with Crippen molar-refractivity contribution in [2.45, 2.75) is 32.2 Å².